The summed E-state index contributed by atoms with van der Waals surface area (Å²) in [6.07, 6.45) is 3.07. The number of benzene rings is 1. The lowest BCUT2D eigenvalue weighted by Crippen LogP contribution is -2.45. The maximum Gasteiger partial charge on any atom is 0.261 e. The van der Waals surface area contributed by atoms with Crippen LogP contribution < -0.4 is 15.5 Å². The number of rotatable bonds is 8. The number of hydrogen-bond donors (Lipinski definition) is 2. The minimum absolute atomic E-state index is 0.157. The van der Waals surface area contributed by atoms with Crippen LogP contribution in [0.1, 0.15) is 10.4 Å². The highest BCUT2D eigenvalue weighted by Crippen LogP contribution is 2.24. The number of carbonyl (C=O) groups excluding carboxylic acids is 2. The van der Waals surface area contributed by atoms with Crippen molar-refractivity contribution in [3.63, 3.8) is 0 Å². The molecule has 2 aromatic heterocycles. The molecule has 3 heterocycles. The standard InChI is InChI=1S/C22H27BrN8O3/c1-29-5-7-30(8-6-29)21-24-13-15(14-25-21)20(33)28-22-27-17-4-3-16(26-19(32)12-23)11-18(17)31(22)9-10-34-2/h3-4,11,13-14H,5-10,12H2,1-2H3,(H,26,32)(H,27,28,33). The summed E-state index contributed by atoms with van der Waals surface area (Å²) in [5.74, 6) is 0.488. The Bertz CT molecular complexity index is 1160. The molecule has 180 valence electrons. The molecule has 0 aliphatic carbocycles. The molecule has 2 amide bonds. The highest BCUT2D eigenvalue weighted by molar-refractivity contribution is 9.09. The van der Waals surface area contributed by atoms with E-state index in [0.29, 0.717) is 41.8 Å². The van der Waals surface area contributed by atoms with Crippen molar-refractivity contribution in [2.45, 2.75) is 6.54 Å². The zero-order chi connectivity index (χ0) is 24.1. The van der Waals surface area contributed by atoms with Crippen molar-refractivity contribution in [1.82, 2.24) is 24.4 Å². The SMILES string of the molecule is COCCn1c(NC(=O)c2cnc(N3CCN(C)CC3)nc2)nc2ccc(NC(=O)CBr)cc21. The second kappa shape index (κ2) is 10.9. The van der Waals surface area contributed by atoms with Crippen molar-refractivity contribution in [2.75, 3.05) is 67.8 Å². The number of ether oxygens (including phenoxy) is 1. The number of imidazole rings is 1. The molecule has 4 rings (SSSR count). The van der Waals surface area contributed by atoms with Gasteiger partial charge in [0.25, 0.3) is 5.91 Å². The largest absolute Gasteiger partial charge is 0.383 e. The van der Waals surface area contributed by atoms with Gasteiger partial charge in [0.2, 0.25) is 17.8 Å². The van der Waals surface area contributed by atoms with Crippen LogP contribution in [0, 0.1) is 0 Å². The van der Waals surface area contributed by atoms with Gasteiger partial charge >= 0.3 is 0 Å². The average molecular weight is 531 g/mol. The number of likely N-dealkylation sites (N-methyl/N-ethyl adjacent to an activating group) is 1. The highest BCUT2D eigenvalue weighted by atomic mass is 79.9. The molecule has 34 heavy (non-hydrogen) atoms. The molecule has 0 unspecified atom stereocenters. The van der Waals surface area contributed by atoms with Crippen molar-refractivity contribution < 1.29 is 14.3 Å². The van der Waals surface area contributed by atoms with Crippen molar-refractivity contribution in [3.8, 4) is 0 Å². The zero-order valence-corrected chi connectivity index (χ0v) is 20.7. The molecule has 1 aliphatic rings. The molecule has 1 aromatic carbocycles. The van der Waals surface area contributed by atoms with E-state index in [4.69, 9.17) is 4.74 Å². The average Bonchev–Trinajstić information content (AvgIpc) is 3.19. The molecule has 0 atom stereocenters. The van der Waals surface area contributed by atoms with E-state index < -0.39 is 0 Å². The number of piperazine rings is 1. The Kier molecular flexibility index (Phi) is 7.70. The summed E-state index contributed by atoms with van der Waals surface area (Å²) in [6, 6.07) is 5.39. The molecule has 0 spiro atoms. The number of alkyl halides is 1. The Morgan fingerprint density at radius 1 is 1.12 bits per heavy atom. The smallest absolute Gasteiger partial charge is 0.261 e. The van der Waals surface area contributed by atoms with E-state index in [9.17, 15) is 9.59 Å². The second-order valence-corrected chi connectivity index (χ2v) is 8.54. The van der Waals surface area contributed by atoms with Gasteiger partial charge in [0.1, 0.15) is 0 Å². The van der Waals surface area contributed by atoms with Crippen molar-refractivity contribution in [3.05, 3.63) is 36.2 Å². The van der Waals surface area contributed by atoms with E-state index in [-0.39, 0.29) is 17.1 Å². The number of nitrogens with zero attached hydrogens (tertiary/aromatic N) is 6. The number of hydrogen-bond acceptors (Lipinski definition) is 8. The molecule has 0 radical (unpaired) electrons. The minimum Gasteiger partial charge on any atom is -0.383 e. The summed E-state index contributed by atoms with van der Waals surface area (Å²) in [5, 5.41) is 5.87. The van der Waals surface area contributed by atoms with E-state index in [1.165, 1.54) is 12.4 Å². The first-order valence-electron chi connectivity index (χ1n) is 10.9. The van der Waals surface area contributed by atoms with Crippen molar-refractivity contribution >= 4 is 56.4 Å². The number of methoxy groups -OCH3 is 1. The van der Waals surface area contributed by atoms with Gasteiger partial charge in [-0.1, -0.05) is 15.9 Å². The third kappa shape index (κ3) is 5.51. The number of carbonyl (C=O) groups is 2. The second-order valence-electron chi connectivity index (χ2n) is 7.98. The Hall–Kier alpha value is -3.09. The van der Waals surface area contributed by atoms with E-state index in [1.54, 1.807) is 19.2 Å². The molecule has 12 heteroatoms. The van der Waals surface area contributed by atoms with Gasteiger partial charge in [-0.3, -0.25) is 14.9 Å². The van der Waals surface area contributed by atoms with Gasteiger partial charge in [-0.2, -0.15) is 0 Å². The third-order valence-corrected chi connectivity index (χ3v) is 6.09. The van der Waals surface area contributed by atoms with Gasteiger partial charge < -0.3 is 24.4 Å². The molecular weight excluding hydrogens is 504 g/mol. The molecule has 1 saturated heterocycles. The lowest BCUT2D eigenvalue weighted by Gasteiger charge is -2.32. The van der Waals surface area contributed by atoms with Crippen LogP contribution in [0.5, 0.6) is 0 Å². The maximum absolute atomic E-state index is 12.9. The topological polar surface area (TPSA) is 118 Å². The van der Waals surface area contributed by atoms with Crippen LogP contribution in [0.25, 0.3) is 11.0 Å². The quantitative estimate of drug-likeness (QED) is 0.423. The van der Waals surface area contributed by atoms with Gasteiger partial charge in [-0.15, -0.1) is 0 Å². The van der Waals surface area contributed by atoms with Gasteiger partial charge in [0, 0.05) is 57.9 Å². The summed E-state index contributed by atoms with van der Waals surface area (Å²) in [5.41, 5.74) is 2.43. The van der Waals surface area contributed by atoms with E-state index in [1.807, 2.05) is 10.6 Å². The molecule has 2 N–H and O–H groups in total. The Balaban J connectivity index is 1.54. The fourth-order valence-electron chi connectivity index (χ4n) is 3.68. The Morgan fingerprint density at radius 2 is 1.85 bits per heavy atom. The van der Waals surface area contributed by atoms with Crippen LogP contribution in [-0.4, -0.2) is 88.5 Å². The number of amides is 2. The summed E-state index contributed by atoms with van der Waals surface area (Å²) in [7, 11) is 3.70. The summed E-state index contributed by atoms with van der Waals surface area (Å²) < 4.78 is 7.08. The van der Waals surface area contributed by atoms with Gasteiger partial charge in [-0.25, -0.2) is 15.0 Å². The first kappa shape index (κ1) is 24.0. The first-order valence-corrected chi connectivity index (χ1v) is 12.0. The first-order chi connectivity index (χ1) is 16.5. The zero-order valence-electron chi connectivity index (χ0n) is 19.1. The molecule has 0 bridgehead atoms. The Morgan fingerprint density at radius 3 is 2.53 bits per heavy atom. The van der Waals surface area contributed by atoms with Crippen molar-refractivity contribution in [1.29, 1.82) is 0 Å². The number of halogens is 1. The van der Waals surface area contributed by atoms with Crippen LogP contribution in [0.3, 0.4) is 0 Å². The van der Waals surface area contributed by atoms with Crippen LogP contribution >= 0.6 is 15.9 Å². The lowest BCUT2D eigenvalue weighted by molar-refractivity contribution is -0.113. The lowest BCUT2D eigenvalue weighted by atomic mass is 10.2. The van der Waals surface area contributed by atoms with Gasteiger partial charge in [0.05, 0.1) is 28.5 Å². The van der Waals surface area contributed by atoms with Crippen LogP contribution in [0.2, 0.25) is 0 Å². The third-order valence-electron chi connectivity index (χ3n) is 5.58. The van der Waals surface area contributed by atoms with Crippen LogP contribution in [-0.2, 0) is 16.1 Å². The number of anilines is 3. The monoisotopic (exact) mass is 530 g/mol. The van der Waals surface area contributed by atoms with Gasteiger partial charge in [0.15, 0.2) is 0 Å². The fraction of sp³-hybridized carbons (Fsp3) is 0.409. The molecule has 0 saturated carbocycles. The predicted molar refractivity (Wildman–Crippen MR) is 134 cm³/mol. The van der Waals surface area contributed by atoms with E-state index in [2.05, 4.69) is 58.4 Å². The van der Waals surface area contributed by atoms with Gasteiger partial charge in [-0.05, 0) is 25.2 Å². The van der Waals surface area contributed by atoms with E-state index in [0.717, 1.165) is 31.7 Å². The highest BCUT2D eigenvalue weighted by Gasteiger charge is 2.19. The Labute approximate surface area is 205 Å². The minimum atomic E-state index is -0.355. The molecular formula is C22H27BrN8O3. The molecule has 3 aromatic rings. The predicted octanol–water partition coefficient (Wildman–Crippen LogP) is 1.81. The number of aromatic nitrogens is 4. The summed E-state index contributed by atoms with van der Waals surface area (Å²) >= 11 is 3.15. The molecule has 1 fully saturated rings. The molecule has 11 nitrogen and oxygen atoms in total. The van der Waals surface area contributed by atoms with E-state index >= 15 is 0 Å². The van der Waals surface area contributed by atoms with Crippen molar-refractivity contribution in [2.24, 2.45) is 0 Å². The van der Waals surface area contributed by atoms with Crippen LogP contribution in [0.15, 0.2) is 30.6 Å². The summed E-state index contributed by atoms with van der Waals surface area (Å²) in [4.78, 5) is 42.4. The normalized spacial score (nSPS) is 14.4. The number of fused-ring (bicyclic) bond motifs is 1. The number of nitrogens with one attached hydrogen (secondary N) is 2. The summed E-state index contributed by atoms with van der Waals surface area (Å²) in [6.45, 7) is 4.50. The van der Waals surface area contributed by atoms with Crippen LogP contribution in [0.4, 0.5) is 17.6 Å². The molecule has 1 aliphatic heterocycles. The fourth-order valence-corrected chi connectivity index (χ4v) is 3.82. The maximum atomic E-state index is 12.9.